The average molecular weight is 459 g/mol. The van der Waals surface area contributed by atoms with E-state index in [0.29, 0.717) is 50.0 Å². The lowest BCUT2D eigenvalue weighted by Crippen LogP contribution is -2.36. The van der Waals surface area contributed by atoms with Gasteiger partial charge < -0.3 is 19.1 Å². The Bertz CT molecular complexity index is 1170. The lowest BCUT2D eigenvalue weighted by molar-refractivity contribution is 0.0254. The number of anilines is 1. The van der Waals surface area contributed by atoms with Crippen molar-refractivity contribution in [3.05, 3.63) is 59.9 Å². The van der Waals surface area contributed by atoms with Crippen molar-refractivity contribution in [2.24, 2.45) is 0 Å². The van der Waals surface area contributed by atoms with E-state index in [-0.39, 0.29) is 6.10 Å². The van der Waals surface area contributed by atoms with E-state index in [1.807, 2.05) is 24.3 Å². The zero-order chi connectivity index (χ0) is 23.2. The predicted molar refractivity (Wildman–Crippen MR) is 125 cm³/mol. The van der Waals surface area contributed by atoms with Crippen LogP contribution in [0.1, 0.15) is 29.9 Å². The fraction of sp³-hybridized carbons (Fsp3) is 0.400. The minimum absolute atomic E-state index is 0.0756. The molecule has 5 rings (SSSR count). The summed E-state index contributed by atoms with van der Waals surface area (Å²) >= 11 is 0. The number of rotatable bonds is 6. The number of ether oxygens (including phenoxy) is 3. The van der Waals surface area contributed by atoms with Crippen molar-refractivity contribution in [3.63, 3.8) is 0 Å². The van der Waals surface area contributed by atoms with E-state index in [1.165, 1.54) is 0 Å². The van der Waals surface area contributed by atoms with Crippen LogP contribution in [0.3, 0.4) is 0 Å². The maximum absolute atomic E-state index is 9.69. The second-order valence-electron chi connectivity index (χ2n) is 8.26. The maximum atomic E-state index is 9.69. The summed E-state index contributed by atoms with van der Waals surface area (Å²) in [5.41, 5.74) is 2.89. The van der Waals surface area contributed by atoms with Gasteiger partial charge >= 0.3 is 0 Å². The average Bonchev–Trinajstić information content (AvgIpc) is 2.90. The fourth-order valence-corrected chi connectivity index (χ4v) is 4.08. The molecule has 2 saturated heterocycles. The van der Waals surface area contributed by atoms with Crippen molar-refractivity contribution >= 4 is 5.82 Å². The van der Waals surface area contributed by atoms with Gasteiger partial charge in [0.2, 0.25) is 0 Å². The molecule has 9 nitrogen and oxygen atoms in total. The molecule has 3 aromatic rings. The van der Waals surface area contributed by atoms with Crippen molar-refractivity contribution in [1.82, 2.24) is 19.9 Å². The molecule has 0 saturated carbocycles. The second-order valence-corrected chi connectivity index (χ2v) is 8.26. The molecule has 0 amide bonds. The highest BCUT2D eigenvalue weighted by atomic mass is 16.5. The number of morpholine rings is 1. The Morgan fingerprint density at radius 2 is 1.85 bits per heavy atom. The topological polar surface area (TPSA) is 106 Å². The van der Waals surface area contributed by atoms with E-state index in [0.717, 1.165) is 48.7 Å². The van der Waals surface area contributed by atoms with Crippen molar-refractivity contribution in [2.75, 3.05) is 44.4 Å². The molecule has 1 aromatic carbocycles. The summed E-state index contributed by atoms with van der Waals surface area (Å²) in [7, 11) is 0. The Hall–Kier alpha value is -3.61. The third-order valence-electron chi connectivity index (χ3n) is 5.91. The van der Waals surface area contributed by atoms with Crippen LogP contribution in [-0.2, 0) is 15.9 Å². The normalized spacial score (nSPS) is 16.7. The SMILES string of the molecule is N#Cc1cc(-c2ccnc(Cc3cncc(N4CCOCC4)n3)n2)ccc1OC1CCOCC1. The van der Waals surface area contributed by atoms with Crippen LogP contribution < -0.4 is 9.64 Å². The highest BCUT2D eigenvalue weighted by Crippen LogP contribution is 2.27. The first kappa shape index (κ1) is 22.2. The molecule has 2 aliphatic rings. The lowest BCUT2D eigenvalue weighted by Gasteiger charge is -2.27. The molecule has 0 unspecified atom stereocenters. The first-order valence-electron chi connectivity index (χ1n) is 11.5. The van der Waals surface area contributed by atoms with Crippen LogP contribution in [0.2, 0.25) is 0 Å². The Morgan fingerprint density at radius 3 is 2.68 bits per heavy atom. The lowest BCUT2D eigenvalue weighted by atomic mass is 10.1. The van der Waals surface area contributed by atoms with Gasteiger partial charge in [-0.1, -0.05) is 0 Å². The van der Waals surface area contributed by atoms with Gasteiger partial charge in [0.15, 0.2) is 0 Å². The zero-order valence-corrected chi connectivity index (χ0v) is 18.9. The summed E-state index contributed by atoms with van der Waals surface area (Å²) in [6.07, 6.45) is 7.46. The molecule has 0 spiro atoms. The summed E-state index contributed by atoms with van der Waals surface area (Å²) < 4.78 is 16.9. The largest absolute Gasteiger partial charge is 0.489 e. The smallest absolute Gasteiger partial charge is 0.147 e. The molecule has 9 heteroatoms. The van der Waals surface area contributed by atoms with Crippen LogP contribution in [0.4, 0.5) is 5.82 Å². The number of nitrogens with zero attached hydrogens (tertiary/aromatic N) is 6. The molecule has 174 valence electrons. The number of benzene rings is 1. The fourth-order valence-electron chi connectivity index (χ4n) is 4.08. The van der Waals surface area contributed by atoms with E-state index in [2.05, 4.69) is 20.9 Å². The molecule has 0 atom stereocenters. The molecule has 0 N–H and O–H groups in total. The van der Waals surface area contributed by atoms with Crippen LogP contribution >= 0.6 is 0 Å². The number of hydrogen-bond donors (Lipinski definition) is 0. The van der Waals surface area contributed by atoms with Crippen LogP contribution in [0, 0.1) is 11.3 Å². The number of hydrogen-bond acceptors (Lipinski definition) is 9. The minimum atomic E-state index is 0.0756. The van der Waals surface area contributed by atoms with Crippen molar-refractivity contribution in [1.29, 1.82) is 5.26 Å². The summed E-state index contributed by atoms with van der Waals surface area (Å²) in [5, 5.41) is 9.69. The van der Waals surface area contributed by atoms with Crippen molar-refractivity contribution < 1.29 is 14.2 Å². The minimum Gasteiger partial charge on any atom is -0.489 e. The Labute approximate surface area is 198 Å². The van der Waals surface area contributed by atoms with E-state index >= 15 is 0 Å². The molecule has 4 heterocycles. The first-order valence-corrected chi connectivity index (χ1v) is 11.5. The Balaban J connectivity index is 1.32. The molecule has 0 aliphatic carbocycles. The second kappa shape index (κ2) is 10.5. The van der Waals surface area contributed by atoms with Crippen molar-refractivity contribution in [3.8, 4) is 23.1 Å². The van der Waals surface area contributed by atoms with Gasteiger partial charge in [0.25, 0.3) is 0 Å². The van der Waals surface area contributed by atoms with E-state index < -0.39 is 0 Å². The molecule has 34 heavy (non-hydrogen) atoms. The van der Waals surface area contributed by atoms with Crippen LogP contribution in [-0.4, -0.2) is 65.6 Å². The molecular formula is C25H26N6O3. The number of aromatic nitrogens is 4. The summed E-state index contributed by atoms with van der Waals surface area (Å²) in [6, 6.07) is 9.70. The standard InChI is InChI=1S/C25H26N6O3/c26-15-19-13-18(1-2-23(19)34-21-4-9-32-10-5-21)22-3-6-28-24(30-22)14-20-16-27-17-25(29-20)31-7-11-33-12-8-31/h1-3,6,13,16-17,21H,4-5,7-12,14H2. The van der Waals surface area contributed by atoms with Crippen molar-refractivity contribution in [2.45, 2.75) is 25.4 Å². The van der Waals surface area contributed by atoms with Gasteiger partial charge in [-0.15, -0.1) is 0 Å². The third-order valence-corrected chi connectivity index (χ3v) is 5.91. The van der Waals surface area contributed by atoms with Crippen LogP contribution in [0.5, 0.6) is 5.75 Å². The Morgan fingerprint density at radius 1 is 1.03 bits per heavy atom. The maximum Gasteiger partial charge on any atom is 0.147 e. The zero-order valence-electron chi connectivity index (χ0n) is 18.9. The van der Waals surface area contributed by atoms with E-state index in [4.69, 9.17) is 24.2 Å². The number of nitriles is 1. The van der Waals surface area contributed by atoms with Gasteiger partial charge in [0.05, 0.1) is 56.0 Å². The summed E-state index contributed by atoms with van der Waals surface area (Å²) in [6.45, 7) is 4.38. The molecular weight excluding hydrogens is 432 g/mol. The van der Waals surface area contributed by atoms with Crippen LogP contribution in [0.15, 0.2) is 42.9 Å². The van der Waals surface area contributed by atoms with Gasteiger partial charge in [-0.3, -0.25) is 4.98 Å². The monoisotopic (exact) mass is 458 g/mol. The molecule has 2 aromatic heterocycles. The highest BCUT2D eigenvalue weighted by Gasteiger charge is 2.18. The van der Waals surface area contributed by atoms with Gasteiger partial charge in [0.1, 0.15) is 29.6 Å². The summed E-state index contributed by atoms with van der Waals surface area (Å²) in [5.74, 6) is 2.09. The highest BCUT2D eigenvalue weighted by molar-refractivity contribution is 5.64. The van der Waals surface area contributed by atoms with Gasteiger partial charge in [-0.05, 0) is 24.3 Å². The quantitative estimate of drug-likeness (QED) is 0.551. The van der Waals surface area contributed by atoms with Crippen LogP contribution in [0.25, 0.3) is 11.3 Å². The van der Waals surface area contributed by atoms with E-state index in [9.17, 15) is 5.26 Å². The molecule has 0 radical (unpaired) electrons. The van der Waals surface area contributed by atoms with Gasteiger partial charge in [0, 0.05) is 43.9 Å². The first-order chi connectivity index (χ1) is 16.8. The molecule has 2 fully saturated rings. The predicted octanol–water partition coefficient (Wildman–Crippen LogP) is 2.79. The van der Waals surface area contributed by atoms with Gasteiger partial charge in [-0.2, -0.15) is 5.26 Å². The third kappa shape index (κ3) is 5.30. The molecule has 2 aliphatic heterocycles. The Kier molecular flexibility index (Phi) is 6.89. The van der Waals surface area contributed by atoms with Gasteiger partial charge in [-0.25, -0.2) is 15.0 Å². The van der Waals surface area contributed by atoms with E-state index in [1.54, 1.807) is 18.6 Å². The summed E-state index contributed by atoms with van der Waals surface area (Å²) in [4.78, 5) is 20.4. The molecule has 0 bridgehead atoms.